The van der Waals surface area contributed by atoms with E-state index in [0.717, 1.165) is 29.8 Å². The van der Waals surface area contributed by atoms with Crippen LogP contribution in [-0.4, -0.2) is 74.0 Å². The van der Waals surface area contributed by atoms with E-state index in [4.69, 9.17) is 0 Å². The molecule has 2 N–H and O–H groups in total. The average molecular weight is 527 g/mol. The van der Waals surface area contributed by atoms with E-state index in [1.54, 1.807) is 9.80 Å². The van der Waals surface area contributed by atoms with Gasteiger partial charge in [-0.3, -0.25) is 4.79 Å². The Hall–Kier alpha value is -3.88. The van der Waals surface area contributed by atoms with Crippen LogP contribution in [0.1, 0.15) is 31.2 Å². The van der Waals surface area contributed by atoms with E-state index in [0.29, 0.717) is 19.4 Å². The molecule has 0 radical (unpaired) electrons. The van der Waals surface area contributed by atoms with Crippen molar-refractivity contribution in [2.24, 2.45) is 0 Å². The molecule has 1 aliphatic carbocycles. The van der Waals surface area contributed by atoms with Crippen molar-refractivity contribution in [1.29, 1.82) is 0 Å². The number of piperazine rings is 1. The van der Waals surface area contributed by atoms with Crippen LogP contribution in [0.3, 0.4) is 0 Å². The smallest absolute Gasteiger partial charge is 0.323 e. The number of benzene rings is 3. The second-order valence-corrected chi connectivity index (χ2v) is 10.7. The van der Waals surface area contributed by atoms with Crippen LogP contribution in [0, 0.1) is 0 Å². The molecule has 2 heterocycles. The number of aliphatic carboxylic acids is 1. The van der Waals surface area contributed by atoms with E-state index >= 15 is 0 Å². The van der Waals surface area contributed by atoms with Crippen molar-refractivity contribution in [3.8, 4) is 0 Å². The zero-order valence-corrected chi connectivity index (χ0v) is 21.8. The SMILES string of the molecule is O=C(O)[C@@H]1[C@H]2CC[C@@H](CN1C(O)N(c1ccccc1)c1ccccc1)N2C(=O)N(Cc1ccccc1)C1CC1. The number of carbonyl (C=O) groups excluding carboxylic acids is 1. The molecule has 3 aromatic carbocycles. The Balaban J connectivity index is 1.30. The number of rotatable bonds is 8. The minimum Gasteiger partial charge on any atom is -0.480 e. The monoisotopic (exact) mass is 526 g/mol. The Kier molecular flexibility index (Phi) is 6.97. The van der Waals surface area contributed by atoms with Gasteiger partial charge in [0.15, 0.2) is 6.35 Å². The molecular weight excluding hydrogens is 492 g/mol. The molecule has 2 bridgehead atoms. The van der Waals surface area contributed by atoms with Crippen molar-refractivity contribution in [2.45, 2.75) is 62.7 Å². The van der Waals surface area contributed by atoms with Gasteiger partial charge < -0.3 is 24.9 Å². The van der Waals surface area contributed by atoms with Crippen LogP contribution in [-0.2, 0) is 11.3 Å². The number of hydrogen-bond acceptors (Lipinski definition) is 5. The van der Waals surface area contributed by atoms with Gasteiger partial charge in [-0.05, 0) is 55.5 Å². The maximum Gasteiger partial charge on any atom is 0.323 e. The molecule has 3 aromatic rings. The first-order valence-electron chi connectivity index (χ1n) is 13.7. The van der Waals surface area contributed by atoms with Gasteiger partial charge in [-0.2, -0.15) is 0 Å². The summed E-state index contributed by atoms with van der Waals surface area (Å²) >= 11 is 0. The highest BCUT2D eigenvalue weighted by molar-refractivity contribution is 5.81. The van der Waals surface area contributed by atoms with Crippen LogP contribution in [0.25, 0.3) is 0 Å². The summed E-state index contributed by atoms with van der Waals surface area (Å²) < 4.78 is 0. The molecule has 3 fully saturated rings. The van der Waals surface area contributed by atoms with Crippen molar-refractivity contribution in [1.82, 2.24) is 14.7 Å². The fourth-order valence-electron chi connectivity index (χ4n) is 6.23. The number of anilines is 2. The molecule has 202 valence electrons. The van der Waals surface area contributed by atoms with Gasteiger partial charge in [0.2, 0.25) is 0 Å². The molecule has 1 saturated carbocycles. The van der Waals surface area contributed by atoms with Gasteiger partial charge in [0.1, 0.15) is 6.04 Å². The van der Waals surface area contributed by atoms with Gasteiger partial charge in [0.25, 0.3) is 0 Å². The molecule has 4 atom stereocenters. The van der Waals surface area contributed by atoms with E-state index < -0.39 is 24.4 Å². The van der Waals surface area contributed by atoms with Crippen LogP contribution < -0.4 is 4.90 Å². The normalized spacial score (nSPS) is 23.3. The number of urea groups is 1. The number of aliphatic hydroxyl groups is 1. The number of aliphatic hydroxyl groups excluding tert-OH is 1. The first-order chi connectivity index (χ1) is 19.0. The Morgan fingerprint density at radius 1 is 0.821 bits per heavy atom. The highest BCUT2D eigenvalue weighted by atomic mass is 16.4. The summed E-state index contributed by atoms with van der Waals surface area (Å²) in [6.07, 6.45) is 2.03. The van der Waals surface area contributed by atoms with E-state index in [2.05, 4.69) is 0 Å². The van der Waals surface area contributed by atoms with Gasteiger partial charge in [-0.15, -0.1) is 0 Å². The number of carboxylic acids is 1. The lowest BCUT2D eigenvalue weighted by Gasteiger charge is -2.49. The largest absolute Gasteiger partial charge is 0.480 e. The number of para-hydroxylation sites is 2. The van der Waals surface area contributed by atoms with Gasteiger partial charge >= 0.3 is 12.0 Å². The van der Waals surface area contributed by atoms with Crippen molar-refractivity contribution in [3.63, 3.8) is 0 Å². The van der Waals surface area contributed by atoms with Crippen LogP contribution in [0.2, 0.25) is 0 Å². The van der Waals surface area contributed by atoms with Gasteiger partial charge in [-0.25, -0.2) is 9.69 Å². The van der Waals surface area contributed by atoms with Gasteiger partial charge in [-0.1, -0.05) is 66.7 Å². The van der Waals surface area contributed by atoms with Crippen LogP contribution in [0.15, 0.2) is 91.0 Å². The summed E-state index contributed by atoms with van der Waals surface area (Å²) in [6.45, 7) is 0.792. The summed E-state index contributed by atoms with van der Waals surface area (Å²) in [5.41, 5.74) is 2.58. The van der Waals surface area contributed by atoms with Gasteiger partial charge in [0, 0.05) is 36.5 Å². The molecule has 2 aliphatic heterocycles. The number of likely N-dealkylation sites (tertiary alicyclic amines) is 1. The Morgan fingerprint density at radius 2 is 1.38 bits per heavy atom. The summed E-state index contributed by atoms with van der Waals surface area (Å²) in [6, 6.07) is 27.3. The third-order valence-corrected chi connectivity index (χ3v) is 8.19. The summed E-state index contributed by atoms with van der Waals surface area (Å²) in [7, 11) is 0. The maximum atomic E-state index is 14.0. The summed E-state index contributed by atoms with van der Waals surface area (Å²) in [4.78, 5) is 34.0. The topological polar surface area (TPSA) is 87.6 Å². The molecule has 2 saturated heterocycles. The second kappa shape index (κ2) is 10.7. The highest BCUT2D eigenvalue weighted by Gasteiger charge is 2.55. The fourth-order valence-corrected chi connectivity index (χ4v) is 6.23. The zero-order valence-electron chi connectivity index (χ0n) is 21.8. The molecule has 3 aliphatic rings. The molecular formula is C31H34N4O4. The average Bonchev–Trinajstić information content (AvgIpc) is 3.76. The molecule has 0 aromatic heterocycles. The Labute approximate surface area is 228 Å². The lowest BCUT2D eigenvalue weighted by Crippen LogP contribution is -2.69. The first kappa shape index (κ1) is 25.4. The predicted octanol–water partition coefficient (Wildman–Crippen LogP) is 4.49. The van der Waals surface area contributed by atoms with E-state index in [1.165, 1.54) is 0 Å². The third-order valence-electron chi connectivity index (χ3n) is 8.19. The standard InChI is InChI=1S/C31H34N4O4/c36-29(37)28-27-19-18-26(35(27)30(38)32(23-16-17-23)20-22-10-4-1-5-11-22)21-33(28)31(39)34(24-12-6-2-7-13-24)25-14-8-3-9-15-25/h1-15,23,26-28,31,39H,16-21H2,(H,36,37)/t26-,27+,28-,31?/m0/s1. The summed E-state index contributed by atoms with van der Waals surface area (Å²) in [5.74, 6) is -1.03. The maximum absolute atomic E-state index is 14.0. The zero-order chi connectivity index (χ0) is 26.9. The van der Waals surface area contributed by atoms with E-state index in [-0.39, 0.29) is 24.7 Å². The lowest BCUT2D eigenvalue weighted by molar-refractivity contribution is -0.156. The van der Waals surface area contributed by atoms with Crippen molar-refractivity contribution < 1.29 is 19.8 Å². The van der Waals surface area contributed by atoms with Crippen molar-refractivity contribution in [2.75, 3.05) is 11.4 Å². The van der Waals surface area contributed by atoms with Gasteiger partial charge in [0.05, 0.1) is 6.04 Å². The first-order valence-corrected chi connectivity index (χ1v) is 13.7. The van der Waals surface area contributed by atoms with Crippen molar-refractivity contribution >= 4 is 23.4 Å². The Bertz CT molecular complexity index is 1250. The second-order valence-electron chi connectivity index (χ2n) is 10.7. The van der Waals surface area contributed by atoms with Crippen LogP contribution >= 0.6 is 0 Å². The van der Waals surface area contributed by atoms with Crippen LogP contribution in [0.5, 0.6) is 0 Å². The molecule has 39 heavy (non-hydrogen) atoms. The fraction of sp³-hybridized carbons (Fsp3) is 0.355. The highest BCUT2D eigenvalue weighted by Crippen LogP contribution is 2.40. The number of nitrogens with zero attached hydrogens (tertiary/aromatic N) is 4. The van der Waals surface area contributed by atoms with E-state index in [9.17, 15) is 19.8 Å². The number of fused-ring (bicyclic) bond motifs is 2. The third kappa shape index (κ3) is 4.97. The number of carbonyl (C=O) groups is 2. The molecule has 8 heteroatoms. The lowest BCUT2D eigenvalue weighted by atomic mass is 10.0. The summed E-state index contributed by atoms with van der Waals surface area (Å²) in [5, 5.41) is 22.3. The number of carboxylic acid groups (broad SMARTS) is 1. The molecule has 2 amide bonds. The minimum absolute atomic E-state index is 0.0859. The quantitative estimate of drug-likeness (QED) is 0.421. The van der Waals surface area contributed by atoms with E-state index in [1.807, 2.05) is 101 Å². The molecule has 0 spiro atoms. The number of hydrogen-bond donors (Lipinski definition) is 2. The molecule has 1 unspecified atom stereocenters. The van der Waals surface area contributed by atoms with Crippen molar-refractivity contribution in [3.05, 3.63) is 96.6 Å². The predicted molar refractivity (Wildman–Crippen MR) is 148 cm³/mol. The van der Waals surface area contributed by atoms with Crippen LogP contribution in [0.4, 0.5) is 16.2 Å². The molecule has 6 rings (SSSR count). The molecule has 8 nitrogen and oxygen atoms in total. The minimum atomic E-state index is -1.22. The Morgan fingerprint density at radius 3 is 1.92 bits per heavy atom. The number of amides is 2.